The fourth-order valence-corrected chi connectivity index (χ4v) is 4.33. The maximum atomic E-state index is 11.8. The summed E-state index contributed by atoms with van der Waals surface area (Å²) in [5.74, 6) is 1.33. The molecule has 2 amide bonds. The van der Waals surface area contributed by atoms with Crippen LogP contribution in [0.3, 0.4) is 0 Å². The highest BCUT2D eigenvalue weighted by Crippen LogP contribution is 2.04. The molecule has 19 heteroatoms. The third-order valence-electron chi connectivity index (χ3n) is 2.41. The maximum Gasteiger partial charge on any atom is 0.408 e. The average Bonchev–Trinajstić information content (AvgIpc) is 2.80. The van der Waals surface area contributed by atoms with Crippen LogP contribution in [0.5, 0.6) is 0 Å². The predicted molar refractivity (Wildman–Crippen MR) is 138 cm³/mol. The van der Waals surface area contributed by atoms with Crippen molar-refractivity contribution in [2.45, 2.75) is 0 Å². The van der Waals surface area contributed by atoms with Gasteiger partial charge in [0.2, 0.25) is 6.40 Å². The van der Waals surface area contributed by atoms with Crippen LogP contribution in [0.4, 0.5) is 9.59 Å². The molecule has 0 saturated heterocycles. The van der Waals surface area contributed by atoms with Crippen molar-refractivity contribution in [2.24, 2.45) is 9.98 Å². The van der Waals surface area contributed by atoms with Gasteiger partial charge in [-0.1, -0.05) is 11.8 Å². The largest absolute Gasteiger partial charge is 0.438 e. The molecule has 0 saturated carbocycles. The number of aliphatic hydroxyl groups is 2. The SMILES string of the molecule is O=C(NCSCN=CS(=O)CSCOC(=O)NCSCN=COOCSCO)OCSCO. The van der Waals surface area contributed by atoms with Crippen molar-refractivity contribution >= 4 is 93.7 Å². The van der Waals surface area contributed by atoms with E-state index in [2.05, 4.69) is 30.4 Å². The topological polar surface area (TPSA) is 177 Å². The van der Waals surface area contributed by atoms with E-state index in [0.29, 0.717) is 11.8 Å². The number of aliphatic imine (C=N–C) groups is 2. The Hall–Kier alpha value is -0.540. The van der Waals surface area contributed by atoms with Gasteiger partial charge in [-0.25, -0.2) is 14.6 Å². The monoisotopic (exact) mass is 586 g/mol. The van der Waals surface area contributed by atoms with Crippen LogP contribution < -0.4 is 10.6 Å². The lowest BCUT2D eigenvalue weighted by molar-refractivity contribution is -0.196. The lowest BCUT2D eigenvalue weighted by atomic mass is 11.1. The molecule has 0 aliphatic carbocycles. The van der Waals surface area contributed by atoms with Crippen LogP contribution in [0.2, 0.25) is 0 Å². The Balaban J connectivity index is 3.51. The van der Waals surface area contributed by atoms with E-state index in [0.717, 1.165) is 29.9 Å². The minimum absolute atomic E-state index is 0.0423. The molecule has 1 unspecified atom stereocenters. The molecule has 0 heterocycles. The number of rotatable bonds is 21. The third kappa shape index (κ3) is 25.9. The summed E-state index contributed by atoms with van der Waals surface area (Å²) >= 11 is 5.98. The smallest absolute Gasteiger partial charge is 0.408 e. The zero-order valence-electron chi connectivity index (χ0n) is 17.3. The van der Waals surface area contributed by atoms with Gasteiger partial charge in [0.1, 0.15) is 17.8 Å². The fraction of sp³-hybridized carbons (Fsp3) is 0.714. The Morgan fingerprint density at radius 2 is 1.42 bits per heavy atom. The summed E-state index contributed by atoms with van der Waals surface area (Å²) in [7, 11) is -1.32. The van der Waals surface area contributed by atoms with Crippen LogP contribution in [-0.4, -0.2) is 96.8 Å². The standard InChI is InChI=1S/C14H26N4O9S6/c19-7-30-9-24-13(21)18-5-29-3-16-6-33(23)12-32-10-25-14(22)17-4-28-2-15-1-26-27-11-31-8-20/h1,6,19-20H,2-5,7-12H2,(H,17,22)(H,18,21). The highest BCUT2D eigenvalue weighted by molar-refractivity contribution is 8.15. The van der Waals surface area contributed by atoms with E-state index in [1.165, 1.54) is 40.8 Å². The number of hydrogen-bond donors (Lipinski definition) is 4. The summed E-state index contributed by atoms with van der Waals surface area (Å²) in [6.45, 7) is 0. The first-order valence-corrected chi connectivity index (χ1v) is 15.8. The summed E-state index contributed by atoms with van der Waals surface area (Å²) in [5.41, 5.74) is 1.30. The van der Waals surface area contributed by atoms with Gasteiger partial charge in [-0.05, 0) is 0 Å². The third-order valence-corrected chi connectivity index (χ3v) is 6.94. The number of hydrogen-bond acceptors (Lipinski definition) is 16. The zero-order valence-corrected chi connectivity index (χ0v) is 22.2. The van der Waals surface area contributed by atoms with Crippen molar-refractivity contribution in [1.29, 1.82) is 0 Å². The van der Waals surface area contributed by atoms with Gasteiger partial charge in [-0.15, -0.1) is 47.0 Å². The molecule has 0 aromatic carbocycles. The summed E-state index contributed by atoms with van der Waals surface area (Å²) in [5, 5.41) is 22.3. The molecular formula is C14H26N4O9S6. The normalized spacial score (nSPS) is 12.1. The predicted octanol–water partition coefficient (Wildman–Crippen LogP) is 1.42. The number of aliphatic hydroxyl groups excluding tert-OH is 2. The molecule has 192 valence electrons. The minimum Gasteiger partial charge on any atom is -0.438 e. The van der Waals surface area contributed by atoms with Gasteiger partial charge in [-0.3, -0.25) is 9.20 Å². The van der Waals surface area contributed by atoms with Crippen molar-refractivity contribution in [3.8, 4) is 0 Å². The number of nitrogens with one attached hydrogen (secondary N) is 2. The lowest BCUT2D eigenvalue weighted by Gasteiger charge is -2.05. The molecular weight excluding hydrogens is 561 g/mol. The Morgan fingerprint density at radius 1 is 0.848 bits per heavy atom. The fourth-order valence-electron chi connectivity index (χ4n) is 1.20. The van der Waals surface area contributed by atoms with Gasteiger partial charge in [-0.2, -0.15) is 4.89 Å². The van der Waals surface area contributed by atoms with E-state index in [1.54, 1.807) is 0 Å². The van der Waals surface area contributed by atoms with E-state index in [-0.39, 0.29) is 46.5 Å². The second kappa shape index (κ2) is 26.1. The number of carbonyl (C=O) groups is 2. The van der Waals surface area contributed by atoms with E-state index < -0.39 is 23.0 Å². The first kappa shape index (κ1) is 32.5. The molecule has 0 aromatic heterocycles. The Kier molecular flexibility index (Phi) is 25.6. The van der Waals surface area contributed by atoms with E-state index in [9.17, 15) is 13.8 Å². The molecule has 0 aromatic rings. The van der Waals surface area contributed by atoms with E-state index >= 15 is 0 Å². The summed E-state index contributed by atoms with van der Waals surface area (Å²) in [6.07, 6.45) is -0.0679. The van der Waals surface area contributed by atoms with Gasteiger partial charge in [0.05, 0.1) is 56.8 Å². The van der Waals surface area contributed by atoms with Crippen LogP contribution in [-0.2, 0) is 30.0 Å². The molecule has 33 heavy (non-hydrogen) atoms. The number of ether oxygens (including phenoxy) is 2. The number of thioether (sulfide) groups is 5. The van der Waals surface area contributed by atoms with Gasteiger partial charge < -0.3 is 35.2 Å². The second-order valence-corrected chi connectivity index (χ2v) is 11.0. The van der Waals surface area contributed by atoms with Crippen LogP contribution >= 0.6 is 58.8 Å². The molecule has 0 fully saturated rings. The van der Waals surface area contributed by atoms with Gasteiger partial charge in [0.15, 0.2) is 0 Å². The molecule has 0 radical (unpaired) electrons. The molecule has 0 aliphatic heterocycles. The molecule has 0 rings (SSSR count). The summed E-state index contributed by atoms with van der Waals surface area (Å²) in [6, 6.07) is 0. The molecule has 13 nitrogen and oxygen atoms in total. The van der Waals surface area contributed by atoms with Gasteiger partial charge in [0.25, 0.3) is 0 Å². The van der Waals surface area contributed by atoms with Crippen molar-refractivity contribution in [2.75, 3.05) is 58.3 Å². The highest BCUT2D eigenvalue weighted by atomic mass is 32.2. The Morgan fingerprint density at radius 3 is 2.06 bits per heavy atom. The number of nitrogens with zero attached hydrogens (tertiary/aromatic N) is 2. The molecule has 1 atom stereocenters. The summed E-state index contributed by atoms with van der Waals surface area (Å²) in [4.78, 5) is 39.8. The molecule has 0 spiro atoms. The minimum atomic E-state index is -1.32. The number of carbonyl (C=O) groups excluding carboxylic acids is 2. The van der Waals surface area contributed by atoms with Crippen molar-refractivity contribution < 1.29 is 43.3 Å². The van der Waals surface area contributed by atoms with Crippen LogP contribution in [0.15, 0.2) is 9.98 Å². The quantitative estimate of drug-likeness (QED) is 0.0379. The van der Waals surface area contributed by atoms with Gasteiger partial charge in [0, 0.05) is 0 Å². The average molecular weight is 587 g/mol. The molecule has 0 bridgehead atoms. The van der Waals surface area contributed by atoms with Gasteiger partial charge >= 0.3 is 12.2 Å². The maximum absolute atomic E-state index is 11.8. The lowest BCUT2D eigenvalue weighted by Crippen LogP contribution is -2.24. The van der Waals surface area contributed by atoms with Crippen LogP contribution in [0.1, 0.15) is 0 Å². The number of amides is 2. The molecule has 4 N–H and O–H groups in total. The second-order valence-electron chi connectivity index (χ2n) is 4.69. The first-order valence-electron chi connectivity index (χ1n) is 8.65. The number of alkyl carbamates (subject to hydrolysis) is 2. The highest BCUT2D eigenvalue weighted by Gasteiger charge is 2.03. The van der Waals surface area contributed by atoms with Crippen molar-refractivity contribution in [3.63, 3.8) is 0 Å². The molecule has 0 aliphatic rings. The van der Waals surface area contributed by atoms with Crippen molar-refractivity contribution in [3.05, 3.63) is 0 Å². The van der Waals surface area contributed by atoms with E-state index in [1.807, 2.05) is 0 Å². The summed E-state index contributed by atoms with van der Waals surface area (Å²) < 4.78 is 21.4. The van der Waals surface area contributed by atoms with Crippen LogP contribution in [0, 0.1) is 0 Å². The first-order chi connectivity index (χ1) is 16.1. The van der Waals surface area contributed by atoms with E-state index in [4.69, 9.17) is 19.7 Å². The van der Waals surface area contributed by atoms with Crippen molar-refractivity contribution in [1.82, 2.24) is 10.6 Å². The van der Waals surface area contributed by atoms with Crippen LogP contribution in [0.25, 0.3) is 0 Å². The zero-order chi connectivity index (χ0) is 24.4. The Labute approximate surface area is 215 Å². The Bertz CT molecular complexity index is 591.